The van der Waals surface area contributed by atoms with Crippen LogP contribution in [0.3, 0.4) is 0 Å². The zero-order valence-electron chi connectivity index (χ0n) is 21.2. The van der Waals surface area contributed by atoms with Crippen molar-refractivity contribution in [2.24, 2.45) is 16.4 Å². The van der Waals surface area contributed by atoms with E-state index in [9.17, 15) is 0 Å². The number of rotatable bonds is 9. The van der Waals surface area contributed by atoms with Gasteiger partial charge in [0, 0.05) is 6.21 Å². The van der Waals surface area contributed by atoms with Gasteiger partial charge in [0.25, 0.3) is 0 Å². The first-order valence-corrected chi connectivity index (χ1v) is 11.5. The van der Waals surface area contributed by atoms with Gasteiger partial charge in [0.05, 0.1) is 0 Å². The second kappa shape index (κ2) is 14.2. The van der Waals surface area contributed by atoms with E-state index >= 15 is 0 Å². The molecule has 1 aliphatic rings. The van der Waals surface area contributed by atoms with Crippen LogP contribution in [0.4, 0.5) is 0 Å². The fourth-order valence-electron chi connectivity index (χ4n) is 3.67. The second-order valence-electron chi connectivity index (χ2n) is 9.29. The first-order valence-electron chi connectivity index (χ1n) is 11.5. The molecule has 0 radical (unpaired) electrons. The molecule has 0 spiro atoms. The number of hydrazone groups is 1. The van der Waals surface area contributed by atoms with Crippen LogP contribution in [0.1, 0.15) is 67.7 Å². The van der Waals surface area contributed by atoms with Crippen LogP contribution in [0.25, 0.3) is 0 Å². The van der Waals surface area contributed by atoms with Gasteiger partial charge in [0.15, 0.2) is 0 Å². The van der Waals surface area contributed by atoms with Gasteiger partial charge in [-0.1, -0.05) is 109 Å². The van der Waals surface area contributed by atoms with Crippen LogP contribution in [0, 0.1) is 5.41 Å². The Morgan fingerprint density at radius 2 is 1.28 bits per heavy atom. The molecule has 0 fully saturated rings. The lowest BCUT2D eigenvalue weighted by Gasteiger charge is -2.32. The van der Waals surface area contributed by atoms with Crippen LogP contribution in [0.5, 0.6) is 0 Å². The van der Waals surface area contributed by atoms with Gasteiger partial charge in [0.1, 0.15) is 0 Å². The summed E-state index contributed by atoms with van der Waals surface area (Å²) in [6, 6.07) is 0. The molecule has 0 atom stereocenters. The van der Waals surface area contributed by atoms with Crippen LogP contribution >= 0.6 is 0 Å². The van der Waals surface area contributed by atoms with E-state index in [-0.39, 0.29) is 5.41 Å². The first kappa shape index (κ1) is 27.2. The normalized spacial score (nSPS) is 19.7. The Morgan fingerprint density at radius 3 is 1.81 bits per heavy atom. The summed E-state index contributed by atoms with van der Waals surface area (Å²) in [6.45, 7) is 15.3. The summed E-state index contributed by atoms with van der Waals surface area (Å²) in [4.78, 5) is 0. The summed E-state index contributed by atoms with van der Waals surface area (Å²) in [6.07, 6.45) is 30.8. The highest BCUT2D eigenvalue weighted by atomic mass is 15.1. The molecule has 1 rings (SSSR count). The van der Waals surface area contributed by atoms with Crippen molar-refractivity contribution in [1.29, 1.82) is 0 Å². The van der Waals surface area contributed by atoms with Crippen molar-refractivity contribution < 1.29 is 0 Å². The van der Waals surface area contributed by atoms with Crippen LogP contribution in [0.2, 0.25) is 0 Å². The summed E-state index contributed by atoms with van der Waals surface area (Å²) in [5, 5.41) is 3.50. The van der Waals surface area contributed by atoms with E-state index in [0.717, 1.165) is 5.57 Å². The predicted octanol–water partition coefficient (Wildman–Crippen LogP) is 8.47. The molecule has 0 aromatic rings. The van der Waals surface area contributed by atoms with Crippen molar-refractivity contribution in [3.63, 3.8) is 0 Å². The lowest BCUT2D eigenvalue weighted by molar-refractivity contribution is 0.377. The molecule has 0 bridgehead atoms. The highest BCUT2D eigenvalue weighted by Crippen LogP contribution is 2.40. The average Bonchev–Trinajstić information content (AvgIpc) is 2.70. The van der Waals surface area contributed by atoms with Crippen molar-refractivity contribution in [2.45, 2.75) is 67.7 Å². The van der Waals surface area contributed by atoms with E-state index in [1.54, 1.807) is 11.8 Å². The molecule has 1 aliphatic carbocycles. The fraction of sp³-hybridized carbons (Fsp3) is 0.367. The van der Waals surface area contributed by atoms with Gasteiger partial charge in [0.2, 0.25) is 0 Å². The zero-order valence-corrected chi connectivity index (χ0v) is 21.2. The lowest BCUT2D eigenvalue weighted by atomic mass is 9.72. The Kier molecular flexibility index (Phi) is 12.1. The zero-order chi connectivity index (χ0) is 24.0. The minimum absolute atomic E-state index is 0.290. The molecule has 0 heterocycles. The number of nitrogens with zero attached hydrogens (tertiary/aromatic N) is 1. The molecule has 2 heteroatoms. The topological polar surface area (TPSA) is 38.4 Å². The summed E-state index contributed by atoms with van der Waals surface area (Å²) in [5.74, 6) is 5.13. The fourth-order valence-corrected chi connectivity index (χ4v) is 3.67. The van der Waals surface area contributed by atoms with E-state index in [4.69, 9.17) is 5.84 Å². The van der Waals surface area contributed by atoms with Crippen LogP contribution in [-0.2, 0) is 0 Å². The monoisotopic (exact) mass is 430 g/mol. The summed E-state index contributed by atoms with van der Waals surface area (Å²) < 4.78 is 0. The smallest absolute Gasteiger partial charge is 0.0494 e. The minimum Gasteiger partial charge on any atom is -0.323 e. The third-order valence-electron chi connectivity index (χ3n) is 5.60. The van der Waals surface area contributed by atoms with Gasteiger partial charge in [-0.15, -0.1) is 0 Å². The quantitative estimate of drug-likeness (QED) is 0.169. The number of allylic oxidation sites excluding steroid dienone is 18. The minimum atomic E-state index is 0.290. The SMILES string of the molecule is CC1=C(/C=C/C(C)=C/C=C/C(C)=C/C=C/C=C(C)/C=C/C=C(C)/C=N/N)C(C)(C)CCC1. The Bertz CT molecular complexity index is 920. The maximum absolute atomic E-state index is 5.13. The summed E-state index contributed by atoms with van der Waals surface area (Å²) >= 11 is 0. The lowest BCUT2D eigenvalue weighted by Crippen LogP contribution is -2.19. The second-order valence-corrected chi connectivity index (χ2v) is 9.29. The van der Waals surface area contributed by atoms with Gasteiger partial charge < -0.3 is 5.84 Å². The van der Waals surface area contributed by atoms with Crippen LogP contribution < -0.4 is 5.84 Å². The van der Waals surface area contributed by atoms with Gasteiger partial charge in [-0.25, -0.2) is 0 Å². The summed E-state index contributed by atoms with van der Waals surface area (Å²) in [5.41, 5.74) is 8.00. The van der Waals surface area contributed by atoms with Crippen LogP contribution in [-0.4, -0.2) is 6.21 Å². The Balaban J connectivity index is 2.64. The number of hydrogen-bond acceptors (Lipinski definition) is 2. The Labute approximate surface area is 196 Å². The average molecular weight is 431 g/mol. The third-order valence-corrected chi connectivity index (χ3v) is 5.60. The molecule has 172 valence electrons. The molecule has 0 saturated carbocycles. The van der Waals surface area contributed by atoms with Crippen molar-refractivity contribution in [2.75, 3.05) is 0 Å². The Morgan fingerprint density at radius 1 is 0.781 bits per heavy atom. The molecule has 0 aromatic carbocycles. The van der Waals surface area contributed by atoms with E-state index in [1.807, 2.05) is 19.1 Å². The van der Waals surface area contributed by atoms with E-state index in [1.165, 1.54) is 41.6 Å². The third kappa shape index (κ3) is 10.9. The largest absolute Gasteiger partial charge is 0.323 e. The number of nitrogens with two attached hydrogens (primary N) is 1. The van der Waals surface area contributed by atoms with Crippen LogP contribution in [0.15, 0.2) is 111 Å². The maximum Gasteiger partial charge on any atom is 0.0494 e. The van der Waals surface area contributed by atoms with E-state index < -0.39 is 0 Å². The first-order chi connectivity index (χ1) is 15.2. The molecule has 0 aliphatic heterocycles. The van der Waals surface area contributed by atoms with Gasteiger partial charge in [-0.05, 0) is 70.4 Å². The molecule has 2 nitrogen and oxygen atoms in total. The van der Waals surface area contributed by atoms with Gasteiger partial charge >= 0.3 is 0 Å². The van der Waals surface area contributed by atoms with Crippen molar-refractivity contribution in [3.05, 3.63) is 106 Å². The van der Waals surface area contributed by atoms with Crippen molar-refractivity contribution >= 4 is 6.21 Å². The van der Waals surface area contributed by atoms with Crippen molar-refractivity contribution in [1.82, 2.24) is 0 Å². The van der Waals surface area contributed by atoms with Crippen molar-refractivity contribution in [3.8, 4) is 0 Å². The molecule has 0 unspecified atom stereocenters. The predicted molar refractivity (Wildman–Crippen MR) is 145 cm³/mol. The standard InChI is InChI=1S/C30H42N2/c1-24(13-8-9-14-25(2)16-11-18-27(4)23-32-31)15-10-17-26(3)20-21-29-28(5)19-12-22-30(29,6)7/h8-11,13-18,20-21,23H,12,19,22,31H2,1-7H3/b9-8+,15-10+,16-11+,21-20+,24-13+,25-14+,26-17+,27-18+,32-23+. The Hall–Kier alpha value is -2.87. The molecule has 0 amide bonds. The molecule has 0 saturated heterocycles. The number of hydrogen-bond donors (Lipinski definition) is 1. The highest BCUT2D eigenvalue weighted by Gasteiger charge is 2.26. The summed E-state index contributed by atoms with van der Waals surface area (Å²) in [7, 11) is 0. The van der Waals surface area contributed by atoms with E-state index in [0.29, 0.717) is 0 Å². The molecule has 2 N–H and O–H groups in total. The molecule has 32 heavy (non-hydrogen) atoms. The molecule has 0 aromatic heterocycles. The maximum atomic E-state index is 5.13. The molecular formula is C30H42N2. The van der Waals surface area contributed by atoms with Gasteiger partial charge in [-0.2, -0.15) is 5.10 Å². The molecular weight excluding hydrogens is 388 g/mol. The highest BCUT2D eigenvalue weighted by molar-refractivity contribution is 5.77. The van der Waals surface area contributed by atoms with E-state index in [2.05, 4.69) is 107 Å². The van der Waals surface area contributed by atoms with Gasteiger partial charge in [-0.3, -0.25) is 0 Å².